The molecular formula is C8H19NO4P+. The van der Waals surface area contributed by atoms with E-state index in [0.29, 0.717) is 19.8 Å². The van der Waals surface area contributed by atoms with Gasteiger partial charge in [0.1, 0.15) is 6.10 Å². The van der Waals surface area contributed by atoms with Crippen LogP contribution in [0.3, 0.4) is 0 Å². The first-order valence-electron chi connectivity index (χ1n) is 4.70. The maximum atomic E-state index is 10.9. The second-order valence-corrected chi connectivity index (χ2v) is 3.78. The summed E-state index contributed by atoms with van der Waals surface area (Å²) in [5, 5.41) is 0. The Labute approximate surface area is 85.9 Å². The van der Waals surface area contributed by atoms with Crippen molar-refractivity contribution in [2.24, 2.45) is 5.73 Å². The van der Waals surface area contributed by atoms with E-state index in [4.69, 9.17) is 15.0 Å². The molecule has 0 spiro atoms. The van der Waals surface area contributed by atoms with E-state index in [0.717, 1.165) is 12.8 Å². The minimum atomic E-state index is -2.00. The molecule has 14 heavy (non-hydrogen) atoms. The summed E-state index contributed by atoms with van der Waals surface area (Å²) in [5.41, 5.74) is 5.30. The summed E-state index contributed by atoms with van der Waals surface area (Å²) in [7, 11) is -0.655. The third-order valence-electron chi connectivity index (χ3n) is 1.64. The SMILES string of the molecule is CCC(COCCCN)O[P+](=O)OC. The number of ether oxygens (including phenoxy) is 1. The number of hydrogen-bond acceptors (Lipinski definition) is 5. The van der Waals surface area contributed by atoms with E-state index in [9.17, 15) is 4.57 Å². The Hall–Kier alpha value is -0.0600. The summed E-state index contributed by atoms with van der Waals surface area (Å²) in [6, 6.07) is 0. The van der Waals surface area contributed by atoms with Crippen LogP contribution in [0.25, 0.3) is 0 Å². The quantitative estimate of drug-likeness (QED) is 0.474. The lowest BCUT2D eigenvalue weighted by Crippen LogP contribution is -2.17. The van der Waals surface area contributed by atoms with E-state index >= 15 is 0 Å². The van der Waals surface area contributed by atoms with Crippen molar-refractivity contribution in [1.82, 2.24) is 0 Å². The lowest BCUT2D eigenvalue weighted by atomic mass is 10.3. The molecule has 0 aromatic rings. The molecule has 2 atom stereocenters. The van der Waals surface area contributed by atoms with Gasteiger partial charge in [0, 0.05) is 11.2 Å². The van der Waals surface area contributed by atoms with Gasteiger partial charge in [-0.1, -0.05) is 6.92 Å². The smallest absolute Gasteiger partial charge is 0.379 e. The Morgan fingerprint density at radius 2 is 2.21 bits per heavy atom. The van der Waals surface area contributed by atoms with E-state index in [2.05, 4.69) is 4.52 Å². The molecule has 0 saturated carbocycles. The van der Waals surface area contributed by atoms with Gasteiger partial charge in [-0.15, -0.1) is 9.05 Å². The zero-order valence-corrected chi connectivity index (χ0v) is 9.66. The predicted octanol–water partition coefficient (Wildman–Crippen LogP) is 1.45. The highest BCUT2D eigenvalue weighted by atomic mass is 31.1. The molecule has 2 N–H and O–H groups in total. The minimum Gasteiger partial charge on any atom is -0.379 e. The molecule has 0 aliphatic carbocycles. The summed E-state index contributed by atoms with van der Waals surface area (Å²) < 4.78 is 25.8. The van der Waals surface area contributed by atoms with E-state index in [1.807, 2.05) is 6.92 Å². The maximum Gasteiger partial charge on any atom is 0.697 e. The zero-order valence-electron chi connectivity index (χ0n) is 8.77. The van der Waals surface area contributed by atoms with Crippen molar-refractivity contribution in [2.45, 2.75) is 25.9 Å². The second kappa shape index (κ2) is 9.49. The fourth-order valence-corrected chi connectivity index (χ4v) is 1.33. The predicted molar refractivity (Wildman–Crippen MR) is 54.3 cm³/mol. The van der Waals surface area contributed by atoms with Gasteiger partial charge in [0.2, 0.25) is 0 Å². The van der Waals surface area contributed by atoms with Gasteiger partial charge in [0.05, 0.1) is 13.7 Å². The fourth-order valence-electron chi connectivity index (χ4n) is 0.788. The number of hydrogen-bond donors (Lipinski definition) is 1. The van der Waals surface area contributed by atoms with Gasteiger partial charge in [-0.3, -0.25) is 0 Å². The Balaban J connectivity index is 3.52. The molecule has 0 rings (SSSR count). The molecule has 6 heteroatoms. The molecule has 0 aliphatic heterocycles. The molecule has 0 radical (unpaired) electrons. The Morgan fingerprint density at radius 3 is 2.71 bits per heavy atom. The molecule has 0 fully saturated rings. The Bertz CT molecular complexity index is 156. The topological polar surface area (TPSA) is 70.8 Å². The van der Waals surface area contributed by atoms with Crippen molar-refractivity contribution in [3.63, 3.8) is 0 Å². The summed E-state index contributed by atoms with van der Waals surface area (Å²) in [6.07, 6.45) is 1.40. The van der Waals surface area contributed by atoms with E-state index in [1.54, 1.807) is 0 Å². The van der Waals surface area contributed by atoms with Crippen LogP contribution in [0.15, 0.2) is 0 Å². The van der Waals surface area contributed by atoms with Gasteiger partial charge in [-0.2, -0.15) is 0 Å². The Morgan fingerprint density at radius 1 is 1.50 bits per heavy atom. The Kier molecular flexibility index (Phi) is 9.45. The van der Waals surface area contributed by atoms with Crippen LogP contribution in [-0.4, -0.2) is 33.0 Å². The molecule has 0 aliphatic rings. The highest BCUT2D eigenvalue weighted by Gasteiger charge is 2.24. The van der Waals surface area contributed by atoms with Crippen LogP contribution in [0, 0.1) is 0 Å². The highest BCUT2D eigenvalue weighted by molar-refractivity contribution is 7.33. The van der Waals surface area contributed by atoms with Crippen LogP contribution in [0.2, 0.25) is 0 Å². The average Bonchev–Trinajstić information content (AvgIpc) is 2.22. The first-order valence-corrected chi connectivity index (χ1v) is 5.80. The molecule has 0 bridgehead atoms. The molecule has 0 aromatic heterocycles. The molecule has 0 saturated heterocycles. The minimum absolute atomic E-state index is 0.170. The van der Waals surface area contributed by atoms with E-state index in [-0.39, 0.29) is 6.10 Å². The van der Waals surface area contributed by atoms with Crippen molar-refractivity contribution in [1.29, 1.82) is 0 Å². The average molecular weight is 224 g/mol. The van der Waals surface area contributed by atoms with Crippen LogP contribution in [0.5, 0.6) is 0 Å². The van der Waals surface area contributed by atoms with Crippen molar-refractivity contribution < 1.29 is 18.3 Å². The van der Waals surface area contributed by atoms with Crippen LogP contribution in [0.4, 0.5) is 0 Å². The molecule has 0 heterocycles. The summed E-state index contributed by atoms with van der Waals surface area (Å²) in [6.45, 7) is 3.60. The lowest BCUT2D eigenvalue weighted by molar-refractivity contribution is 0.0445. The normalized spacial score (nSPS) is 14.1. The van der Waals surface area contributed by atoms with Gasteiger partial charge >= 0.3 is 8.25 Å². The van der Waals surface area contributed by atoms with Crippen LogP contribution in [0.1, 0.15) is 19.8 Å². The first-order chi connectivity index (χ1) is 6.74. The molecule has 5 nitrogen and oxygen atoms in total. The summed E-state index contributed by atoms with van der Waals surface area (Å²) in [5.74, 6) is 0. The van der Waals surface area contributed by atoms with Gasteiger partial charge in [0.25, 0.3) is 0 Å². The van der Waals surface area contributed by atoms with Crippen molar-refractivity contribution in [3.05, 3.63) is 0 Å². The maximum absolute atomic E-state index is 10.9. The molecule has 2 unspecified atom stereocenters. The van der Waals surface area contributed by atoms with E-state index < -0.39 is 8.25 Å². The van der Waals surface area contributed by atoms with Crippen LogP contribution in [-0.2, 0) is 18.3 Å². The largest absolute Gasteiger partial charge is 0.697 e. The first kappa shape index (κ1) is 13.9. The van der Waals surface area contributed by atoms with Crippen molar-refractivity contribution in [2.75, 3.05) is 26.9 Å². The van der Waals surface area contributed by atoms with Crippen LogP contribution < -0.4 is 5.73 Å². The van der Waals surface area contributed by atoms with Crippen molar-refractivity contribution in [3.8, 4) is 0 Å². The highest BCUT2D eigenvalue weighted by Crippen LogP contribution is 2.25. The number of rotatable bonds is 9. The van der Waals surface area contributed by atoms with Crippen LogP contribution >= 0.6 is 8.25 Å². The van der Waals surface area contributed by atoms with Gasteiger partial charge in [0.15, 0.2) is 0 Å². The molecular weight excluding hydrogens is 205 g/mol. The fraction of sp³-hybridized carbons (Fsp3) is 1.00. The summed E-state index contributed by atoms with van der Waals surface area (Å²) in [4.78, 5) is 0. The van der Waals surface area contributed by atoms with Gasteiger partial charge < -0.3 is 10.5 Å². The van der Waals surface area contributed by atoms with Gasteiger partial charge in [-0.25, -0.2) is 0 Å². The second-order valence-electron chi connectivity index (χ2n) is 2.76. The van der Waals surface area contributed by atoms with E-state index in [1.165, 1.54) is 7.11 Å². The standard InChI is InChI=1S/C8H19NO4P/c1-3-8(13-14(10)11-2)7-12-6-4-5-9/h8H,3-7,9H2,1-2H3/q+1. The van der Waals surface area contributed by atoms with Crippen molar-refractivity contribution >= 4 is 8.25 Å². The number of nitrogens with two attached hydrogens (primary N) is 1. The molecule has 0 amide bonds. The lowest BCUT2D eigenvalue weighted by Gasteiger charge is -2.08. The molecule has 0 aromatic carbocycles. The molecule has 84 valence electrons. The monoisotopic (exact) mass is 224 g/mol. The third kappa shape index (κ3) is 7.35. The summed E-state index contributed by atoms with van der Waals surface area (Å²) >= 11 is 0. The third-order valence-corrected chi connectivity index (χ3v) is 2.40. The zero-order chi connectivity index (χ0) is 10.8. The van der Waals surface area contributed by atoms with Gasteiger partial charge in [-0.05, 0) is 19.4 Å².